The maximum Gasteiger partial charge on any atom is 0.244 e. The number of carbonyl (C=O) groups excluding carboxylic acids is 1. The third kappa shape index (κ3) is 4.36. The number of hydrogen-bond acceptors (Lipinski definition) is 2. The van der Waals surface area contributed by atoms with Gasteiger partial charge in [0.1, 0.15) is 5.75 Å². The minimum absolute atomic E-state index is 0.180. The summed E-state index contributed by atoms with van der Waals surface area (Å²) in [5.74, 6) is 0.578. The van der Waals surface area contributed by atoms with Crippen molar-refractivity contribution in [3.8, 4) is 5.75 Å². The Kier molecular flexibility index (Phi) is 5.41. The van der Waals surface area contributed by atoms with Crippen LogP contribution in [0.15, 0.2) is 54.6 Å². The first-order valence-corrected chi connectivity index (χ1v) is 6.91. The number of benzene rings is 2. The van der Waals surface area contributed by atoms with Gasteiger partial charge in [-0.2, -0.15) is 0 Å². The molecule has 0 fully saturated rings. The van der Waals surface area contributed by atoms with E-state index < -0.39 is 0 Å². The van der Waals surface area contributed by atoms with Crippen molar-refractivity contribution in [2.45, 2.75) is 6.54 Å². The van der Waals surface area contributed by atoms with E-state index >= 15 is 0 Å². The van der Waals surface area contributed by atoms with Crippen LogP contribution in [0.25, 0.3) is 6.08 Å². The summed E-state index contributed by atoms with van der Waals surface area (Å²) < 4.78 is 5.24. The molecule has 0 unspecified atom stereocenters. The summed E-state index contributed by atoms with van der Waals surface area (Å²) in [5, 5.41) is 3.43. The second-order valence-corrected chi connectivity index (χ2v) is 4.79. The lowest BCUT2D eigenvalue weighted by molar-refractivity contribution is -0.116. The Hall–Kier alpha value is -2.26. The van der Waals surface area contributed by atoms with Crippen molar-refractivity contribution in [1.29, 1.82) is 0 Å². The third-order valence-electron chi connectivity index (χ3n) is 2.97. The third-order valence-corrected chi connectivity index (χ3v) is 3.31. The molecule has 1 amide bonds. The Morgan fingerprint density at radius 1 is 1.19 bits per heavy atom. The van der Waals surface area contributed by atoms with Crippen LogP contribution < -0.4 is 10.1 Å². The van der Waals surface area contributed by atoms with Crippen molar-refractivity contribution >= 4 is 23.6 Å². The van der Waals surface area contributed by atoms with Gasteiger partial charge in [0.25, 0.3) is 0 Å². The quantitative estimate of drug-likeness (QED) is 0.856. The van der Waals surface area contributed by atoms with E-state index in [0.29, 0.717) is 11.6 Å². The van der Waals surface area contributed by atoms with E-state index in [-0.39, 0.29) is 5.91 Å². The van der Waals surface area contributed by atoms with Crippen molar-refractivity contribution in [3.63, 3.8) is 0 Å². The number of methoxy groups -OCH3 is 1. The molecule has 0 atom stereocenters. The van der Waals surface area contributed by atoms with Gasteiger partial charge in [0.2, 0.25) is 5.91 Å². The number of carbonyl (C=O) groups is 1. The van der Waals surface area contributed by atoms with E-state index in [1.54, 1.807) is 19.3 Å². The number of nitrogens with one attached hydrogen (secondary N) is 1. The van der Waals surface area contributed by atoms with E-state index in [9.17, 15) is 4.79 Å². The first-order valence-electron chi connectivity index (χ1n) is 6.53. The standard InChI is InChI=1S/C17H16ClNO2/c1-21-16-9-5-3-7-14(16)12-19-17(20)11-10-13-6-2-4-8-15(13)18/h2-11H,12H2,1H3,(H,19,20)/b11-10+. The predicted molar refractivity (Wildman–Crippen MR) is 85.3 cm³/mol. The summed E-state index contributed by atoms with van der Waals surface area (Å²) >= 11 is 6.02. The lowest BCUT2D eigenvalue weighted by atomic mass is 10.2. The fourth-order valence-corrected chi connectivity index (χ4v) is 2.06. The zero-order valence-corrected chi connectivity index (χ0v) is 12.4. The molecule has 4 heteroatoms. The smallest absolute Gasteiger partial charge is 0.244 e. The fraction of sp³-hybridized carbons (Fsp3) is 0.118. The summed E-state index contributed by atoms with van der Waals surface area (Å²) in [6, 6.07) is 14.9. The average Bonchev–Trinajstić information content (AvgIpc) is 2.52. The van der Waals surface area contributed by atoms with E-state index in [4.69, 9.17) is 16.3 Å². The lowest BCUT2D eigenvalue weighted by Crippen LogP contribution is -2.20. The summed E-state index contributed by atoms with van der Waals surface area (Å²) in [7, 11) is 1.61. The molecule has 2 aromatic carbocycles. The van der Waals surface area contributed by atoms with Gasteiger partial charge in [-0.3, -0.25) is 4.79 Å². The number of rotatable bonds is 5. The molecule has 21 heavy (non-hydrogen) atoms. The van der Waals surface area contributed by atoms with E-state index in [1.807, 2.05) is 42.5 Å². The molecule has 0 aromatic heterocycles. The minimum atomic E-state index is -0.180. The van der Waals surface area contributed by atoms with Crippen LogP contribution >= 0.6 is 11.6 Å². The van der Waals surface area contributed by atoms with Crippen LogP contribution in [0, 0.1) is 0 Å². The van der Waals surface area contributed by atoms with Gasteiger partial charge in [0.15, 0.2) is 0 Å². The fourth-order valence-electron chi connectivity index (χ4n) is 1.87. The van der Waals surface area contributed by atoms with E-state index in [0.717, 1.165) is 16.9 Å². The first kappa shape index (κ1) is 15.1. The lowest BCUT2D eigenvalue weighted by Gasteiger charge is -2.08. The zero-order valence-electron chi connectivity index (χ0n) is 11.7. The minimum Gasteiger partial charge on any atom is -0.496 e. The molecule has 0 aliphatic heterocycles. The summed E-state index contributed by atoms with van der Waals surface area (Å²) in [6.45, 7) is 0.412. The summed E-state index contributed by atoms with van der Waals surface area (Å²) in [5.41, 5.74) is 1.74. The highest BCUT2D eigenvalue weighted by Gasteiger charge is 2.03. The van der Waals surface area contributed by atoms with E-state index in [2.05, 4.69) is 5.32 Å². The van der Waals surface area contributed by atoms with Gasteiger partial charge in [-0.1, -0.05) is 48.0 Å². The van der Waals surface area contributed by atoms with Gasteiger partial charge >= 0.3 is 0 Å². The topological polar surface area (TPSA) is 38.3 Å². The van der Waals surface area contributed by atoms with Gasteiger partial charge < -0.3 is 10.1 Å². The Morgan fingerprint density at radius 3 is 2.67 bits per heavy atom. The highest BCUT2D eigenvalue weighted by molar-refractivity contribution is 6.32. The SMILES string of the molecule is COc1ccccc1CNC(=O)/C=C/c1ccccc1Cl. The van der Waals surface area contributed by atoms with Crippen LogP contribution in [-0.2, 0) is 11.3 Å². The average molecular weight is 302 g/mol. The molecule has 3 nitrogen and oxygen atoms in total. The molecular formula is C17H16ClNO2. The van der Waals surface area contributed by atoms with E-state index in [1.165, 1.54) is 6.08 Å². The maximum atomic E-state index is 11.8. The van der Waals surface area contributed by atoms with Crippen LogP contribution in [0.2, 0.25) is 5.02 Å². The van der Waals surface area contributed by atoms with Crippen LogP contribution in [0.3, 0.4) is 0 Å². The highest BCUT2D eigenvalue weighted by Crippen LogP contribution is 2.17. The molecule has 0 saturated heterocycles. The molecule has 2 rings (SSSR count). The molecule has 2 aromatic rings. The van der Waals surface area contributed by atoms with Crippen molar-refractivity contribution in [2.75, 3.05) is 7.11 Å². The Bertz CT molecular complexity index is 653. The van der Waals surface area contributed by atoms with Crippen LogP contribution in [0.1, 0.15) is 11.1 Å². The molecular weight excluding hydrogens is 286 g/mol. The molecule has 0 bridgehead atoms. The first-order chi connectivity index (χ1) is 10.2. The van der Waals surface area contributed by atoms with Crippen LogP contribution in [-0.4, -0.2) is 13.0 Å². The molecule has 0 spiro atoms. The molecule has 0 radical (unpaired) electrons. The monoisotopic (exact) mass is 301 g/mol. The van der Waals surface area contributed by atoms with Gasteiger partial charge in [-0.05, 0) is 23.8 Å². The normalized spacial score (nSPS) is 10.6. The second kappa shape index (κ2) is 7.50. The highest BCUT2D eigenvalue weighted by atomic mass is 35.5. The second-order valence-electron chi connectivity index (χ2n) is 4.38. The van der Waals surface area contributed by atoms with Gasteiger partial charge in [-0.15, -0.1) is 0 Å². The largest absolute Gasteiger partial charge is 0.496 e. The van der Waals surface area contributed by atoms with Gasteiger partial charge in [-0.25, -0.2) is 0 Å². The van der Waals surface area contributed by atoms with Gasteiger partial charge in [0.05, 0.1) is 7.11 Å². The Balaban J connectivity index is 1.95. The van der Waals surface area contributed by atoms with Crippen molar-refractivity contribution in [1.82, 2.24) is 5.32 Å². The molecule has 0 aliphatic rings. The van der Waals surface area contributed by atoms with Crippen LogP contribution in [0.4, 0.5) is 0 Å². The van der Waals surface area contributed by atoms with Crippen LogP contribution in [0.5, 0.6) is 5.75 Å². The molecule has 0 saturated carbocycles. The predicted octanol–water partition coefficient (Wildman–Crippen LogP) is 3.68. The number of halogens is 1. The Labute approximate surface area is 129 Å². The molecule has 108 valence electrons. The van der Waals surface area contributed by atoms with Crippen molar-refractivity contribution in [2.24, 2.45) is 0 Å². The number of hydrogen-bond donors (Lipinski definition) is 1. The summed E-state index contributed by atoms with van der Waals surface area (Å²) in [6.07, 6.45) is 3.16. The molecule has 1 N–H and O–H groups in total. The zero-order chi connectivity index (χ0) is 15.1. The number of ether oxygens (including phenoxy) is 1. The molecule has 0 heterocycles. The van der Waals surface area contributed by atoms with Crippen molar-refractivity contribution < 1.29 is 9.53 Å². The maximum absolute atomic E-state index is 11.8. The molecule has 0 aliphatic carbocycles. The Morgan fingerprint density at radius 2 is 1.90 bits per heavy atom. The summed E-state index contributed by atoms with van der Waals surface area (Å²) in [4.78, 5) is 11.8. The number of amides is 1. The van der Waals surface area contributed by atoms with Crippen molar-refractivity contribution in [3.05, 3.63) is 70.8 Å². The van der Waals surface area contributed by atoms with Gasteiger partial charge in [0, 0.05) is 23.2 Å². The number of para-hydroxylation sites is 1.